The molecule has 1 rings (SSSR count). The van der Waals surface area contributed by atoms with Gasteiger partial charge < -0.3 is 10.5 Å². The lowest BCUT2D eigenvalue weighted by atomic mass is 10.2. The summed E-state index contributed by atoms with van der Waals surface area (Å²) in [5.41, 5.74) is 6.37. The van der Waals surface area contributed by atoms with E-state index in [0.29, 0.717) is 17.3 Å². The van der Waals surface area contributed by atoms with E-state index in [-0.39, 0.29) is 12.4 Å². The molecule has 0 aliphatic rings. The number of halogens is 1. The molecule has 4 nitrogen and oxygen atoms in total. The van der Waals surface area contributed by atoms with Crippen LogP contribution >= 0.6 is 11.6 Å². The molecule has 2 N–H and O–H groups in total. The lowest BCUT2D eigenvalue weighted by Crippen LogP contribution is -2.22. The van der Waals surface area contributed by atoms with E-state index in [4.69, 9.17) is 22.1 Å². The number of sulfone groups is 1. The fourth-order valence-electron chi connectivity index (χ4n) is 1.33. The monoisotopic (exact) mass is 291 g/mol. The summed E-state index contributed by atoms with van der Waals surface area (Å²) in [4.78, 5) is 0. The van der Waals surface area contributed by atoms with E-state index in [0.717, 1.165) is 5.56 Å². The van der Waals surface area contributed by atoms with Crippen LogP contribution in [-0.2, 0) is 16.4 Å². The van der Waals surface area contributed by atoms with Gasteiger partial charge in [0.05, 0.1) is 11.0 Å². The Morgan fingerprint density at radius 2 is 2.06 bits per heavy atom. The Bertz CT molecular complexity index is 500. The van der Waals surface area contributed by atoms with E-state index >= 15 is 0 Å². The van der Waals surface area contributed by atoms with Crippen LogP contribution in [0.15, 0.2) is 18.2 Å². The predicted molar refractivity (Wildman–Crippen MR) is 73.8 cm³/mol. The average molecular weight is 292 g/mol. The van der Waals surface area contributed by atoms with Gasteiger partial charge in [0.1, 0.15) is 12.4 Å². The zero-order chi connectivity index (χ0) is 13.8. The Labute approximate surface area is 113 Å². The number of ether oxygens (including phenoxy) is 1. The summed E-state index contributed by atoms with van der Waals surface area (Å²) in [6, 6.07) is 5.14. The Morgan fingerprint density at radius 3 is 2.61 bits per heavy atom. The highest BCUT2D eigenvalue weighted by Gasteiger charge is 2.16. The van der Waals surface area contributed by atoms with E-state index in [1.54, 1.807) is 32.0 Å². The standard InChI is InChI=1S/C12H18ClNO3S/c1-9(2)18(15,16)6-5-17-12-7-11(13)4-3-10(12)8-14/h3-4,7,9H,5-6,8,14H2,1-2H3. The fourth-order valence-corrected chi connectivity index (χ4v) is 2.28. The van der Waals surface area contributed by atoms with Gasteiger partial charge in [0.25, 0.3) is 0 Å². The summed E-state index contributed by atoms with van der Waals surface area (Å²) >= 11 is 5.85. The van der Waals surface area contributed by atoms with E-state index in [9.17, 15) is 8.42 Å². The Balaban J connectivity index is 2.67. The molecule has 0 bridgehead atoms. The molecule has 0 spiro atoms. The summed E-state index contributed by atoms with van der Waals surface area (Å²) in [7, 11) is -3.09. The summed E-state index contributed by atoms with van der Waals surface area (Å²) in [6.45, 7) is 3.73. The van der Waals surface area contributed by atoms with Crippen molar-refractivity contribution in [1.82, 2.24) is 0 Å². The third-order valence-corrected chi connectivity index (χ3v) is 5.00. The van der Waals surface area contributed by atoms with Gasteiger partial charge in [0, 0.05) is 17.1 Å². The summed E-state index contributed by atoms with van der Waals surface area (Å²) in [6.07, 6.45) is 0. The second kappa shape index (κ2) is 6.41. The summed E-state index contributed by atoms with van der Waals surface area (Å²) < 4.78 is 28.7. The molecule has 0 aliphatic heterocycles. The van der Waals surface area contributed by atoms with E-state index in [2.05, 4.69) is 0 Å². The lowest BCUT2D eigenvalue weighted by Gasteiger charge is -2.12. The molecule has 0 heterocycles. The Hall–Kier alpha value is -0.780. The van der Waals surface area contributed by atoms with Crippen molar-refractivity contribution < 1.29 is 13.2 Å². The molecule has 1 aromatic carbocycles. The van der Waals surface area contributed by atoms with Gasteiger partial charge in [-0.25, -0.2) is 8.42 Å². The number of benzene rings is 1. The van der Waals surface area contributed by atoms with Gasteiger partial charge in [-0.2, -0.15) is 0 Å². The molecule has 0 aliphatic carbocycles. The molecule has 0 saturated heterocycles. The van der Waals surface area contributed by atoms with Crippen LogP contribution in [0.1, 0.15) is 19.4 Å². The maximum absolute atomic E-state index is 11.6. The van der Waals surface area contributed by atoms with Crippen molar-refractivity contribution in [3.8, 4) is 5.75 Å². The van der Waals surface area contributed by atoms with E-state index in [1.807, 2.05) is 0 Å². The van der Waals surface area contributed by atoms with Gasteiger partial charge in [-0.3, -0.25) is 0 Å². The first-order valence-electron chi connectivity index (χ1n) is 5.69. The van der Waals surface area contributed by atoms with Gasteiger partial charge in [-0.1, -0.05) is 17.7 Å². The molecule has 0 fully saturated rings. The zero-order valence-electron chi connectivity index (χ0n) is 10.5. The zero-order valence-corrected chi connectivity index (χ0v) is 12.1. The smallest absolute Gasteiger partial charge is 0.155 e. The molecule has 0 saturated carbocycles. The topological polar surface area (TPSA) is 69.4 Å². The third-order valence-electron chi connectivity index (χ3n) is 2.59. The molecule has 0 unspecified atom stereocenters. The van der Waals surface area contributed by atoms with E-state index in [1.165, 1.54) is 0 Å². The van der Waals surface area contributed by atoms with Crippen molar-refractivity contribution in [2.75, 3.05) is 12.4 Å². The van der Waals surface area contributed by atoms with Crippen LogP contribution in [0, 0.1) is 0 Å². The first kappa shape index (κ1) is 15.3. The number of rotatable bonds is 6. The minimum Gasteiger partial charge on any atom is -0.492 e. The van der Waals surface area contributed by atoms with Crippen molar-refractivity contribution in [1.29, 1.82) is 0 Å². The van der Waals surface area contributed by atoms with E-state index < -0.39 is 15.1 Å². The molecule has 6 heteroatoms. The number of hydrogen-bond acceptors (Lipinski definition) is 4. The number of hydrogen-bond donors (Lipinski definition) is 1. The molecular weight excluding hydrogens is 274 g/mol. The molecule has 18 heavy (non-hydrogen) atoms. The second-order valence-electron chi connectivity index (χ2n) is 4.22. The van der Waals surface area contributed by atoms with Gasteiger partial charge in [0.15, 0.2) is 9.84 Å². The minimum atomic E-state index is -3.09. The van der Waals surface area contributed by atoms with Gasteiger partial charge in [0.2, 0.25) is 0 Å². The molecule has 102 valence electrons. The Kier molecular flexibility index (Phi) is 5.44. The molecule has 0 radical (unpaired) electrons. The molecule has 0 amide bonds. The van der Waals surface area contributed by atoms with Crippen molar-refractivity contribution >= 4 is 21.4 Å². The highest BCUT2D eigenvalue weighted by atomic mass is 35.5. The molecule has 0 atom stereocenters. The van der Waals surface area contributed by atoms with Crippen LogP contribution in [0.25, 0.3) is 0 Å². The van der Waals surface area contributed by atoms with Crippen LogP contribution in [0.3, 0.4) is 0 Å². The molecular formula is C12H18ClNO3S. The van der Waals surface area contributed by atoms with Crippen LogP contribution < -0.4 is 10.5 Å². The second-order valence-corrected chi connectivity index (χ2v) is 7.33. The minimum absolute atomic E-state index is 0.0127. The van der Waals surface area contributed by atoms with Crippen molar-refractivity contribution in [2.24, 2.45) is 5.73 Å². The number of nitrogens with two attached hydrogens (primary N) is 1. The lowest BCUT2D eigenvalue weighted by molar-refractivity contribution is 0.337. The van der Waals surface area contributed by atoms with Crippen molar-refractivity contribution in [2.45, 2.75) is 25.6 Å². The molecule has 1 aromatic rings. The Morgan fingerprint density at radius 1 is 1.39 bits per heavy atom. The summed E-state index contributed by atoms with van der Waals surface area (Å²) in [5, 5.41) is 0.142. The first-order valence-corrected chi connectivity index (χ1v) is 7.79. The SMILES string of the molecule is CC(C)S(=O)(=O)CCOc1cc(Cl)ccc1CN. The summed E-state index contributed by atoms with van der Waals surface area (Å²) in [5.74, 6) is 0.533. The van der Waals surface area contributed by atoms with Crippen LogP contribution in [-0.4, -0.2) is 26.0 Å². The van der Waals surface area contributed by atoms with Crippen LogP contribution in [0.2, 0.25) is 5.02 Å². The highest BCUT2D eigenvalue weighted by Crippen LogP contribution is 2.23. The van der Waals surface area contributed by atoms with Crippen molar-refractivity contribution in [3.63, 3.8) is 0 Å². The normalized spacial score (nSPS) is 11.8. The third kappa shape index (κ3) is 4.15. The van der Waals surface area contributed by atoms with Gasteiger partial charge in [-0.15, -0.1) is 0 Å². The largest absolute Gasteiger partial charge is 0.492 e. The van der Waals surface area contributed by atoms with Crippen molar-refractivity contribution in [3.05, 3.63) is 28.8 Å². The predicted octanol–water partition coefficient (Wildman–Crippen LogP) is 2.00. The fraction of sp³-hybridized carbons (Fsp3) is 0.500. The maximum Gasteiger partial charge on any atom is 0.155 e. The molecule has 0 aromatic heterocycles. The van der Waals surface area contributed by atoms with Gasteiger partial charge in [-0.05, 0) is 26.0 Å². The average Bonchev–Trinajstić information content (AvgIpc) is 2.29. The quantitative estimate of drug-likeness (QED) is 0.870. The first-order chi connectivity index (χ1) is 8.36. The van der Waals surface area contributed by atoms with Gasteiger partial charge >= 0.3 is 0 Å². The van der Waals surface area contributed by atoms with Crippen LogP contribution in [0.5, 0.6) is 5.75 Å². The van der Waals surface area contributed by atoms with Crippen LogP contribution in [0.4, 0.5) is 0 Å². The highest BCUT2D eigenvalue weighted by molar-refractivity contribution is 7.91. The maximum atomic E-state index is 11.6.